The van der Waals surface area contributed by atoms with E-state index in [4.69, 9.17) is 16.7 Å². The number of imidazole rings is 1. The van der Waals surface area contributed by atoms with Crippen LogP contribution in [0.25, 0.3) is 0 Å². The Labute approximate surface area is 107 Å². The Morgan fingerprint density at radius 3 is 3.00 bits per heavy atom. The summed E-state index contributed by atoms with van der Waals surface area (Å²) < 4.78 is 3.35. The quantitative estimate of drug-likeness (QED) is 0.792. The fourth-order valence-corrected chi connectivity index (χ4v) is 2.27. The Morgan fingerprint density at radius 1 is 1.53 bits per heavy atom. The van der Waals surface area contributed by atoms with E-state index in [1.165, 1.54) is 11.8 Å². The molecule has 0 atom stereocenters. The summed E-state index contributed by atoms with van der Waals surface area (Å²) in [6.45, 7) is 0.392. The van der Waals surface area contributed by atoms with Gasteiger partial charge in [0.05, 0.1) is 25.1 Å². The smallest absolute Gasteiger partial charge is 0.209 e. The van der Waals surface area contributed by atoms with Crippen LogP contribution >= 0.6 is 23.4 Å². The molecule has 0 fully saturated rings. The fourth-order valence-electron chi connectivity index (χ4n) is 1.22. The van der Waals surface area contributed by atoms with Crippen molar-refractivity contribution in [2.24, 2.45) is 7.05 Å². The molecule has 17 heavy (non-hydrogen) atoms. The number of hydrogen-bond acceptors (Lipinski definition) is 6. The zero-order chi connectivity index (χ0) is 12.3. The lowest BCUT2D eigenvalue weighted by atomic mass is 10.7. The number of nitrogens with zero attached hydrogens (tertiary/aromatic N) is 6. The van der Waals surface area contributed by atoms with E-state index >= 15 is 0 Å². The lowest BCUT2D eigenvalue weighted by molar-refractivity contribution is 0.262. The normalized spacial score (nSPS) is 11.0. The monoisotopic (exact) mass is 274 g/mol. The highest BCUT2D eigenvalue weighted by molar-refractivity contribution is 7.98. The fraction of sp³-hybridized carbons (Fsp3) is 0.500. The third-order valence-electron chi connectivity index (χ3n) is 2.17. The summed E-state index contributed by atoms with van der Waals surface area (Å²) in [7, 11) is 1.85. The Bertz CT molecular complexity index is 498. The maximum absolute atomic E-state index is 8.84. The lowest BCUT2D eigenvalue weighted by Crippen LogP contribution is -2.06. The van der Waals surface area contributed by atoms with E-state index in [2.05, 4.69) is 20.5 Å². The van der Waals surface area contributed by atoms with Crippen molar-refractivity contribution in [3.63, 3.8) is 0 Å². The van der Waals surface area contributed by atoms with Crippen molar-refractivity contribution in [1.82, 2.24) is 29.8 Å². The average Bonchev–Trinajstić information content (AvgIpc) is 2.87. The van der Waals surface area contributed by atoms with Crippen molar-refractivity contribution in [3.05, 3.63) is 17.2 Å². The standard InChI is InChI=1S/C8H11ClN6OS/c1-14-6(9)4-10-7(14)5-17-8-11-12-13-15(8)2-3-16/h4,16H,2-3,5H2,1H3. The second-order valence-electron chi connectivity index (χ2n) is 3.25. The predicted molar refractivity (Wildman–Crippen MR) is 62.7 cm³/mol. The molecule has 2 heterocycles. The minimum absolute atomic E-state index is 0.00678. The molecule has 0 aliphatic rings. The molecule has 0 bridgehead atoms. The number of halogens is 1. The molecule has 0 saturated heterocycles. The minimum Gasteiger partial charge on any atom is -0.394 e. The first-order valence-electron chi connectivity index (χ1n) is 4.88. The van der Waals surface area contributed by atoms with Crippen LogP contribution in [0, 0.1) is 0 Å². The third kappa shape index (κ3) is 2.76. The average molecular weight is 275 g/mol. The first-order valence-corrected chi connectivity index (χ1v) is 6.24. The van der Waals surface area contributed by atoms with E-state index in [0.29, 0.717) is 22.6 Å². The Hall–Kier alpha value is -1.12. The van der Waals surface area contributed by atoms with Gasteiger partial charge in [0.2, 0.25) is 5.16 Å². The van der Waals surface area contributed by atoms with Crippen molar-refractivity contribution in [1.29, 1.82) is 0 Å². The summed E-state index contributed by atoms with van der Waals surface area (Å²) in [5.41, 5.74) is 0. The summed E-state index contributed by atoms with van der Waals surface area (Å²) in [5.74, 6) is 1.47. The topological polar surface area (TPSA) is 81.7 Å². The summed E-state index contributed by atoms with van der Waals surface area (Å²) in [6, 6.07) is 0. The predicted octanol–water partition coefficient (Wildman–Crippen LogP) is 0.345. The van der Waals surface area contributed by atoms with Crippen LogP contribution < -0.4 is 0 Å². The summed E-state index contributed by atoms with van der Waals surface area (Å²) in [4.78, 5) is 4.17. The zero-order valence-electron chi connectivity index (χ0n) is 9.12. The van der Waals surface area contributed by atoms with Gasteiger partial charge in [-0.3, -0.25) is 0 Å². The molecule has 0 aliphatic heterocycles. The molecule has 0 saturated carbocycles. The summed E-state index contributed by atoms with van der Waals surface area (Å²) in [6.07, 6.45) is 1.61. The largest absolute Gasteiger partial charge is 0.394 e. The van der Waals surface area contributed by atoms with Gasteiger partial charge in [-0.25, -0.2) is 9.67 Å². The van der Waals surface area contributed by atoms with Crippen LogP contribution in [0.1, 0.15) is 5.82 Å². The van der Waals surface area contributed by atoms with Gasteiger partial charge >= 0.3 is 0 Å². The first-order chi connectivity index (χ1) is 8.22. The Balaban J connectivity index is 2.02. The highest BCUT2D eigenvalue weighted by atomic mass is 35.5. The lowest BCUT2D eigenvalue weighted by Gasteiger charge is -2.03. The second kappa shape index (κ2) is 5.48. The van der Waals surface area contributed by atoms with Crippen molar-refractivity contribution < 1.29 is 5.11 Å². The molecule has 7 nitrogen and oxygen atoms in total. The molecule has 2 aromatic rings. The van der Waals surface area contributed by atoms with Gasteiger partial charge in [0.15, 0.2) is 0 Å². The van der Waals surface area contributed by atoms with E-state index in [0.717, 1.165) is 5.82 Å². The van der Waals surface area contributed by atoms with Gasteiger partial charge in [0.25, 0.3) is 0 Å². The van der Waals surface area contributed by atoms with Crippen LogP contribution in [0.3, 0.4) is 0 Å². The molecule has 1 N–H and O–H groups in total. The van der Waals surface area contributed by atoms with Gasteiger partial charge < -0.3 is 9.67 Å². The minimum atomic E-state index is 0.00678. The van der Waals surface area contributed by atoms with Crippen LogP contribution in [-0.2, 0) is 19.3 Å². The number of tetrazole rings is 1. The molecule has 0 amide bonds. The van der Waals surface area contributed by atoms with Crippen LogP contribution in [0.15, 0.2) is 11.4 Å². The number of rotatable bonds is 5. The second-order valence-corrected chi connectivity index (χ2v) is 4.58. The molecule has 2 aromatic heterocycles. The Morgan fingerprint density at radius 2 is 2.35 bits per heavy atom. The third-order valence-corrected chi connectivity index (χ3v) is 3.47. The van der Waals surface area contributed by atoms with Crippen LogP contribution in [-0.4, -0.2) is 41.5 Å². The van der Waals surface area contributed by atoms with Gasteiger partial charge in [-0.1, -0.05) is 23.4 Å². The maximum atomic E-state index is 8.84. The van der Waals surface area contributed by atoms with Crippen LogP contribution in [0.2, 0.25) is 5.15 Å². The van der Waals surface area contributed by atoms with Crippen molar-refractivity contribution >= 4 is 23.4 Å². The molecule has 92 valence electrons. The number of thioether (sulfide) groups is 1. The van der Waals surface area contributed by atoms with Crippen molar-refractivity contribution in [2.75, 3.05) is 6.61 Å². The van der Waals surface area contributed by atoms with Crippen LogP contribution in [0.4, 0.5) is 0 Å². The molecule has 0 aromatic carbocycles. The molecular formula is C8H11ClN6OS. The number of aliphatic hydroxyl groups is 1. The van der Waals surface area contributed by atoms with E-state index in [9.17, 15) is 0 Å². The molecule has 2 rings (SSSR count). The van der Waals surface area contributed by atoms with Crippen molar-refractivity contribution in [2.45, 2.75) is 17.5 Å². The SMILES string of the molecule is Cn1c(Cl)cnc1CSc1nnnn1CCO. The van der Waals surface area contributed by atoms with Gasteiger partial charge in [-0.15, -0.1) is 5.10 Å². The molecule has 0 spiro atoms. The van der Waals surface area contributed by atoms with E-state index < -0.39 is 0 Å². The van der Waals surface area contributed by atoms with Gasteiger partial charge in [0.1, 0.15) is 11.0 Å². The Kier molecular flexibility index (Phi) is 3.97. The van der Waals surface area contributed by atoms with E-state index in [1.54, 1.807) is 15.4 Å². The number of aromatic nitrogens is 6. The number of hydrogen-bond donors (Lipinski definition) is 1. The van der Waals surface area contributed by atoms with E-state index in [1.807, 2.05) is 7.05 Å². The summed E-state index contributed by atoms with van der Waals surface area (Å²) in [5, 5.41) is 21.3. The van der Waals surface area contributed by atoms with Crippen molar-refractivity contribution in [3.8, 4) is 0 Å². The van der Waals surface area contributed by atoms with Gasteiger partial charge in [-0.2, -0.15) is 0 Å². The molecule has 9 heteroatoms. The maximum Gasteiger partial charge on any atom is 0.209 e. The van der Waals surface area contributed by atoms with E-state index in [-0.39, 0.29) is 6.61 Å². The van der Waals surface area contributed by atoms with Gasteiger partial charge in [-0.05, 0) is 10.4 Å². The van der Waals surface area contributed by atoms with Crippen LogP contribution in [0.5, 0.6) is 0 Å². The first kappa shape index (κ1) is 12.3. The molecule has 0 unspecified atom stereocenters. The molecule has 0 aliphatic carbocycles. The highest BCUT2D eigenvalue weighted by Gasteiger charge is 2.09. The molecule has 0 radical (unpaired) electrons. The zero-order valence-corrected chi connectivity index (χ0v) is 10.7. The summed E-state index contributed by atoms with van der Waals surface area (Å²) >= 11 is 7.33. The highest BCUT2D eigenvalue weighted by Crippen LogP contribution is 2.20. The molecular weight excluding hydrogens is 264 g/mol. The number of aliphatic hydroxyl groups excluding tert-OH is 1. The van der Waals surface area contributed by atoms with Gasteiger partial charge in [0, 0.05) is 7.05 Å².